The quantitative estimate of drug-likeness (QED) is 0.904. The van der Waals surface area contributed by atoms with E-state index in [1.54, 1.807) is 43.8 Å². The van der Waals surface area contributed by atoms with Gasteiger partial charge in [-0.3, -0.25) is 9.48 Å². The number of carbonyl (C=O) groups excluding carboxylic acids is 1. The molecule has 0 radical (unpaired) electrons. The number of hydrogen-bond acceptors (Lipinski definition) is 3. The maximum absolute atomic E-state index is 12.3. The molecule has 1 atom stereocenters. The molecule has 0 spiro atoms. The van der Waals surface area contributed by atoms with Crippen molar-refractivity contribution in [2.24, 2.45) is 7.05 Å². The average molecular weight is 322 g/mol. The second-order valence-electron chi connectivity index (χ2n) is 4.99. The predicted octanol–water partition coefficient (Wildman–Crippen LogP) is 2.25. The van der Waals surface area contributed by atoms with Gasteiger partial charge >= 0.3 is 5.97 Å². The van der Waals surface area contributed by atoms with Gasteiger partial charge in [0.25, 0.3) is 5.91 Å². The normalized spacial score (nSPS) is 12.0. The molecule has 1 aromatic carbocycles. The summed E-state index contributed by atoms with van der Waals surface area (Å²) in [7, 11) is 1.71. The Kier molecular flexibility index (Phi) is 4.51. The van der Waals surface area contributed by atoms with Crippen LogP contribution in [0.2, 0.25) is 5.02 Å². The van der Waals surface area contributed by atoms with Crippen LogP contribution in [0.25, 0.3) is 0 Å². The van der Waals surface area contributed by atoms with Crippen LogP contribution in [0.5, 0.6) is 0 Å². The number of carbonyl (C=O) groups is 2. The Labute approximate surface area is 132 Å². The molecule has 6 nitrogen and oxygen atoms in total. The third-order valence-electron chi connectivity index (χ3n) is 3.54. The van der Waals surface area contributed by atoms with Crippen molar-refractivity contribution in [3.8, 4) is 0 Å². The number of rotatable bonds is 4. The van der Waals surface area contributed by atoms with Gasteiger partial charge in [-0.25, -0.2) is 4.79 Å². The monoisotopic (exact) mass is 321 g/mol. The summed E-state index contributed by atoms with van der Waals surface area (Å²) < 4.78 is 1.55. The van der Waals surface area contributed by atoms with E-state index in [1.165, 1.54) is 6.20 Å². The minimum atomic E-state index is -1.18. The minimum absolute atomic E-state index is 0.245. The molecule has 0 saturated heterocycles. The number of carboxylic acid groups (broad SMARTS) is 1. The highest BCUT2D eigenvalue weighted by molar-refractivity contribution is 6.34. The maximum atomic E-state index is 12.3. The summed E-state index contributed by atoms with van der Waals surface area (Å²) in [6, 6.07) is 3.85. The van der Waals surface area contributed by atoms with E-state index in [0.29, 0.717) is 16.3 Å². The molecule has 116 valence electrons. The molecule has 0 aliphatic rings. The molecule has 0 bridgehead atoms. The standard InChI is InChI=1S/C15H16ClN3O3/c1-8-5-4-6-10(12(8)16)14(20)18-13(15(21)22)11-7-17-19(3)9(11)2/h4-7,13H,1-3H3,(H,18,20)(H,21,22). The van der Waals surface area contributed by atoms with E-state index in [4.69, 9.17) is 11.6 Å². The van der Waals surface area contributed by atoms with Gasteiger partial charge in [-0.15, -0.1) is 0 Å². The highest BCUT2D eigenvalue weighted by Crippen LogP contribution is 2.22. The lowest BCUT2D eigenvalue weighted by Crippen LogP contribution is -2.34. The van der Waals surface area contributed by atoms with Crippen LogP contribution in [0.15, 0.2) is 24.4 Å². The zero-order valence-corrected chi connectivity index (χ0v) is 13.2. The van der Waals surface area contributed by atoms with E-state index >= 15 is 0 Å². The van der Waals surface area contributed by atoms with Crippen molar-refractivity contribution in [3.63, 3.8) is 0 Å². The molecule has 1 aromatic heterocycles. The average Bonchev–Trinajstić information content (AvgIpc) is 2.79. The molecule has 2 rings (SSSR count). The van der Waals surface area contributed by atoms with E-state index in [0.717, 1.165) is 5.56 Å². The number of amides is 1. The highest BCUT2D eigenvalue weighted by atomic mass is 35.5. The predicted molar refractivity (Wildman–Crippen MR) is 82.0 cm³/mol. The van der Waals surface area contributed by atoms with Crippen molar-refractivity contribution >= 4 is 23.5 Å². The van der Waals surface area contributed by atoms with E-state index in [9.17, 15) is 14.7 Å². The Morgan fingerprint density at radius 1 is 1.36 bits per heavy atom. The Morgan fingerprint density at radius 2 is 2.05 bits per heavy atom. The molecule has 1 unspecified atom stereocenters. The lowest BCUT2D eigenvalue weighted by Gasteiger charge is -2.15. The number of aryl methyl sites for hydroxylation is 2. The van der Waals surface area contributed by atoms with Crippen LogP contribution in [0.3, 0.4) is 0 Å². The zero-order valence-electron chi connectivity index (χ0n) is 12.4. The first-order valence-electron chi connectivity index (χ1n) is 6.60. The first kappa shape index (κ1) is 16.0. The molecule has 0 fully saturated rings. The van der Waals surface area contributed by atoms with Crippen molar-refractivity contribution < 1.29 is 14.7 Å². The second-order valence-corrected chi connectivity index (χ2v) is 5.37. The van der Waals surface area contributed by atoms with Crippen LogP contribution in [-0.2, 0) is 11.8 Å². The van der Waals surface area contributed by atoms with Crippen molar-refractivity contribution in [2.45, 2.75) is 19.9 Å². The van der Waals surface area contributed by atoms with Crippen LogP contribution in [0.4, 0.5) is 0 Å². The molecule has 1 amide bonds. The Morgan fingerprint density at radius 3 is 2.59 bits per heavy atom. The van der Waals surface area contributed by atoms with Gasteiger partial charge in [-0.1, -0.05) is 23.7 Å². The number of hydrogen-bond donors (Lipinski definition) is 2. The number of nitrogens with one attached hydrogen (secondary N) is 1. The van der Waals surface area contributed by atoms with Gasteiger partial charge in [0.15, 0.2) is 6.04 Å². The van der Waals surface area contributed by atoms with Gasteiger partial charge in [0, 0.05) is 18.3 Å². The van der Waals surface area contributed by atoms with Crippen LogP contribution in [0.1, 0.15) is 33.2 Å². The van der Waals surface area contributed by atoms with Crippen molar-refractivity contribution in [2.75, 3.05) is 0 Å². The van der Waals surface area contributed by atoms with Crippen LogP contribution in [-0.4, -0.2) is 26.8 Å². The highest BCUT2D eigenvalue weighted by Gasteiger charge is 2.27. The van der Waals surface area contributed by atoms with E-state index in [2.05, 4.69) is 10.4 Å². The number of nitrogens with zero attached hydrogens (tertiary/aromatic N) is 2. The molecule has 2 aromatic rings. The summed E-state index contributed by atoms with van der Waals surface area (Å²) in [4.78, 5) is 23.8. The maximum Gasteiger partial charge on any atom is 0.331 e. The number of aromatic nitrogens is 2. The summed E-state index contributed by atoms with van der Waals surface area (Å²) >= 11 is 6.11. The van der Waals surface area contributed by atoms with E-state index in [-0.39, 0.29) is 5.56 Å². The van der Waals surface area contributed by atoms with Gasteiger partial charge in [-0.2, -0.15) is 5.10 Å². The number of aliphatic carboxylic acids is 1. The third-order valence-corrected chi connectivity index (χ3v) is 4.04. The first-order chi connectivity index (χ1) is 10.3. The fourth-order valence-electron chi connectivity index (χ4n) is 2.10. The van der Waals surface area contributed by atoms with E-state index in [1.807, 2.05) is 0 Å². The van der Waals surface area contributed by atoms with Crippen LogP contribution < -0.4 is 5.32 Å². The Balaban J connectivity index is 2.33. The van der Waals surface area contributed by atoms with Gasteiger partial charge in [0.1, 0.15) is 0 Å². The summed E-state index contributed by atoms with van der Waals surface area (Å²) in [5.41, 5.74) is 2.10. The smallest absolute Gasteiger partial charge is 0.331 e. The molecule has 0 aliphatic carbocycles. The van der Waals surface area contributed by atoms with Crippen LogP contribution in [0, 0.1) is 13.8 Å². The third kappa shape index (κ3) is 2.96. The SMILES string of the molecule is Cc1cccc(C(=O)NC(C(=O)O)c2cnn(C)c2C)c1Cl. The second kappa shape index (κ2) is 6.19. The summed E-state index contributed by atoms with van der Waals surface area (Å²) in [5.74, 6) is -1.70. The van der Waals surface area contributed by atoms with Gasteiger partial charge in [0.2, 0.25) is 0 Å². The summed E-state index contributed by atoms with van der Waals surface area (Å²) in [6.07, 6.45) is 1.44. The Bertz CT molecular complexity index is 740. The lowest BCUT2D eigenvalue weighted by molar-refractivity contribution is -0.139. The lowest BCUT2D eigenvalue weighted by atomic mass is 10.1. The van der Waals surface area contributed by atoms with Crippen LogP contribution >= 0.6 is 11.6 Å². The minimum Gasteiger partial charge on any atom is -0.479 e. The van der Waals surface area contributed by atoms with Gasteiger partial charge in [-0.05, 0) is 25.5 Å². The van der Waals surface area contributed by atoms with Gasteiger partial charge < -0.3 is 10.4 Å². The van der Waals surface area contributed by atoms with Crippen molar-refractivity contribution in [3.05, 3.63) is 51.8 Å². The van der Waals surface area contributed by atoms with Gasteiger partial charge in [0.05, 0.1) is 16.8 Å². The molecule has 22 heavy (non-hydrogen) atoms. The molecule has 7 heteroatoms. The summed E-state index contributed by atoms with van der Waals surface area (Å²) in [5, 5.41) is 16.2. The summed E-state index contributed by atoms with van der Waals surface area (Å²) in [6.45, 7) is 3.52. The molecule has 1 heterocycles. The first-order valence-corrected chi connectivity index (χ1v) is 6.98. The van der Waals surface area contributed by atoms with Crippen molar-refractivity contribution in [1.82, 2.24) is 15.1 Å². The largest absolute Gasteiger partial charge is 0.479 e. The fraction of sp³-hybridized carbons (Fsp3) is 0.267. The topological polar surface area (TPSA) is 84.2 Å². The zero-order chi connectivity index (χ0) is 16.4. The molecular weight excluding hydrogens is 306 g/mol. The number of carboxylic acids is 1. The molecule has 2 N–H and O–H groups in total. The van der Waals surface area contributed by atoms with Crippen molar-refractivity contribution in [1.29, 1.82) is 0 Å². The molecular formula is C15H16ClN3O3. The van der Waals surface area contributed by atoms with E-state index < -0.39 is 17.9 Å². The molecule has 0 saturated carbocycles. The number of halogens is 1. The molecule has 0 aliphatic heterocycles. The number of benzene rings is 1. The fourth-order valence-corrected chi connectivity index (χ4v) is 2.32. The Hall–Kier alpha value is -2.34.